The van der Waals surface area contributed by atoms with E-state index in [0.29, 0.717) is 12.8 Å². The molecule has 1 aromatic carbocycles. The summed E-state index contributed by atoms with van der Waals surface area (Å²) in [6, 6.07) is 5.91. The molecular weight excluding hydrogens is 231 g/mol. The Morgan fingerprint density at radius 1 is 1.33 bits per heavy atom. The maximum Gasteiger partial charge on any atom is 0.240 e. The van der Waals surface area contributed by atoms with Gasteiger partial charge >= 0.3 is 0 Å². The molecule has 0 bridgehead atoms. The van der Waals surface area contributed by atoms with Gasteiger partial charge in [-0.2, -0.15) is 0 Å². The molecule has 3 nitrogen and oxygen atoms in total. The van der Waals surface area contributed by atoms with Crippen LogP contribution < -0.4 is 11.1 Å². The Morgan fingerprint density at radius 2 is 1.83 bits per heavy atom. The van der Waals surface area contributed by atoms with Gasteiger partial charge in [-0.25, -0.2) is 4.39 Å². The van der Waals surface area contributed by atoms with Gasteiger partial charge in [-0.3, -0.25) is 4.79 Å². The lowest BCUT2D eigenvalue weighted by Gasteiger charge is -2.27. The molecule has 0 fully saturated rings. The molecule has 1 unspecified atom stereocenters. The Kier molecular flexibility index (Phi) is 4.84. The fourth-order valence-corrected chi connectivity index (χ4v) is 1.75. The molecule has 18 heavy (non-hydrogen) atoms. The summed E-state index contributed by atoms with van der Waals surface area (Å²) in [5.41, 5.74) is 6.05. The number of halogens is 1. The van der Waals surface area contributed by atoms with Crippen LogP contribution in [0.3, 0.4) is 0 Å². The summed E-state index contributed by atoms with van der Waals surface area (Å²) in [5, 5.41) is 2.87. The van der Waals surface area contributed by atoms with Gasteiger partial charge in [0.2, 0.25) is 5.91 Å². The molecule has 0 spiro atoms. The average Bonchev–Trinajstić information content (AvgIpc) is 2.38. The van der Waals surface area contributed by atoms with Gasteiger partial charge in [-0.1, -0.05) is 26.0 Å². The predicted octanol–water partition coefficient (Wildman–Crippen LogP) is 2.52. The molecule has 0 aliphatic carbocycles. The average molecular weight is 252 g/mol. The van der Waals surface area contributed by atoms with Crippen LogP contribution >= 0.6 is 0 Å². The zero-order valence-corrected chi connectivity index (χ0v) is 11.2. The van der Waals surface area contributed by atoms with Crippen molar-refractivity contribution in [2.24, 2.45) is 5.73 Å². The highest BCUT2D eigenvalue weighted by Gasteiger charge is 2.30. The molecule has 1 atom stereocenters. The second kappa shape index (κ2) is 5.96. The van der Waals surface area contributed by atoms with Gasteiger partial charge in [0.25, 0.3) is 0 Å². The summed E-state index contributed by atoms with van der Waals surface area (Å²) < 4.78 is 12.8. The van der Waals surface area contributed by atoms with Gasteiger partial charge in [0.1, 0.15) is 5.82 Å². The minimum Gasteiger partial charge on any atom is -0.348 e. The number of carbonyl (C=O) groups excluding carboxylic acids is 1. The summed E-state index contributed by atoms with van der Waals surface area (Å²) in [6.07, 6.45) is 1.18. The molecular formula is C14H21FN2O. The van der Waals surface area contributed by atoms with Crippen molar-refractivity contribution in [3.05, 3.63) is 35.6 Å². The van der Waals surface area contributed by atoms with E-state index in [1.165, 1.54) is 12.1 Å². The lowest BCUT2D eigenvalue weighted by atomic mass is 9.92. The second-order valence-corrected chi connectivity index (χ2v) is 4.61. The molecule has 0 heterocycles. The van der Waals surface area contributed by atoms with Crippen molar-refractivity contribution in [2.75, 3.05) is 0 Å². The van der Waals surface area contributed by atoms with E-state index in [4.69, 9.17) is 5.73 Å². The summed E-state index contributed by atoms with van der Waals surface area (Å²) in [6.45, 7) is 5.65. The first kappa shape index (κ1) is 14.6. The maximum atomic E-state index is 12.8. The molecule has 1 aromatic rings. The topological polar surface area (TPSA) is 55.1 Å². The van der Waals surface area contributed by atoms with Crippen molar-refractivity contribution in [1.29, 1.82) is 0 Å². The second-order valence-electron chi connectivity index (χ2n) is 4.61. The van der Waals surface area contributed by atoms with Crippen LogP contribution in [0, 0.1) is 5.82 Å². The Morgan fingerprint density at radius 3 is 2.28 bits per heavy atom. The Balaban J connectivity index is 2.73. The third-order valence-electron chi connectivity index (χ3n) is 3.43. The van der Waals surface area contributed by atoms with E-state index in [2.05, 4.69) is 5.32 Å². The van der Waals surface area contributed by atoms with Crippen LogP contribution in [0.25, 0.3) is 0 Å². The first-order valence-corrected chi connectivity index (χ1v) is 6.28. The van der Waals surface area contributed by atoms with Crippen LogP contribution in [0.5, 0.6) is 0 Å². The number of rotatable bonds is 5. The van der Waals surface area contributed by atoms with E-state index in [1.54, 1.807) is 12.1 Å². The van der Waals surface area contributed by atoms with Gasteiger partial charge in [-0.05, 0) is 37.5 Å². The lowest BCUT2D eigenvalue weighted by molar-refractivity contribution is -0.127. The van der Waals surface area contributed by atoms with Crippen LogP contribution in [-0.2, 0) is 4.79 Å². The third-order valence-corrected chi connectivity index (χ3v) is 3.43. The largest absolute Gasteiger partial charge is 0.348 e. The Labute approximate surface area is 108 Å². The van der Waals surface area contributed by atoms with Gasteiger partial charge in [-0.15, -0.1) is 0 Å². The van der Waals surface area contributed by atoms with E-state index in [1.807, 2.05) is 20.8 Å². The molecule has 0 saturated heterocycles. The number of nitrogens with one attached hydrogen (secondary N) is 1. The van der Waals surface area contributed by atoms with Gasteiger partial charge in [0, 0.05) is 0 Å². The van der Waals surface area contributed by atoms with E-state index in [9.17, 15) is 9.18 Å². The first-order chi connectivity index (χ1) is 8.42. The van der Waals surface area contributed by atoms with Crippen molar-refractivity contribution < 1.29 is 9.18 Å². The highest BCUT2D eigenvalue weighted by Crippen LogP contribution is 2.16. The molecule has 100 valence electrons. The summed E-state index contributed by atoms with van der Waals surface area (Å²) >= 11 is 0. The van der Waals surface area contributed by atoms with Crippen molar-refractivity contribution in [3.8, 4) is 0 Å². The monoisotopic (exact) mass is 252 g/mol. The van der Waals surface area contributed by atoms with Gasteiger partial charge < -0.3 is 11.1 Å². The molecule has 3 N–H and O–H groups in total. The first-order valence-electron chi connectivity index (χ1n) is 6.28. The van der Waals surface area contributed by atoms with Crippen LogP contribution in [0.4, 0.5) is 4.39 Å². The predicted molar refractivity (Wildman–Crippen MR) is 70.5 cm³/mol. The molecule has 4 heteroatoms. The van der Waals surface area contributed by atoms with Crippen molar-refractivity contribution in [2.45, 2.75) is 45.2 Å². The van der Waals surface area contributed by atoms with E-state index in [0.717, 1.165) is 5.56 Å². The number of hydrogen-bond acceptors (Lipinski definition) is 2. The number of carbonyl (C=O) groups is 1. The smallest absolute Gasteiger partial charge is 0.240 e. The molecule has 1 amide bonds. The SMILES string of the molecule is CCC(N)(CC)C(=O)NC(C)c1ccc(F)cc1. The highest BCUT2D eigenvalue weighted by molar-refractivity contribution is 5.86. The van der Waals surface area contributed by atoms with Crippen LogP contribution in [0.15, 0.2) is 24.3 Å². The molecule has 0 aliphatic rings. The van der Waals surface area contributed by atoms with Crippen molar-refractivity contribution in [1.82, 2.24) is 5.32 Å². The lowest BCUT2D eigenvalue weighted by Crippen LogP contribution is -2.53. The van der Waals surface area contributed by atoms with Gasteiger partial charge in [0.15, 0.2) is 0 Å². The molecule has 0 saturated carbocycles. The van der Waals surface area contributed by atoms with Crippen molar-refractivity contribution >= 4 is 5.91 Å². The number of nitrogens with two attached hydrogens (primary N) is 1. The number of benzene rings is 1. The minimum atomic E-state index is -0.825. The normalized spacial score (nSPS) is 13.2. The van der Waals surface area contributed by atoms with Crippen LogP contribution in [-0.4, -0.2) is 11.4 Å². The quantitative estimate of drug-likeness (QED) is 0.846. The Hall–Kier alpha value is -1.42. The fraction of sp³-hybridized carbons (Fsp3) is 0.500. The summed E-state index contributed by atoms with van der Waals surface area (Å²) in [5.74, 6) is -0.447. The van der Waals surface area contributed by atoms with Crippen molar-refractivity contribution in [3.63, 3.8) is 0 Å². The summed E-state index contributed by atoms with van der Waals surface area (Å²) in [7, 11) is 0. The number of amides is 1. The zero-order valence-electron chi connectivity index (χ0n) is 11.2. The molecule has 0 aliphatic heterocycles. The Bertz CT molecular complexity index is 399. The molecule has 0 aromatic heterocycles. The van der Waals surface area contributed by atoms with E-state index in [-0.39, 0.29) is 17.8 Å². The third kappa shape index (κ3) is 3.29. The fourth-order valence-electron chi connectivity index (χ4n) is 1.75. The zero-order chi connectivity index (χ0) is 13.8. The van der Waals surface area contributed by atoms with E-state index >= 15 is 0 Å². The van der Waals surface area contributed by atoms with Crippen LogP contribution in [0.1, 0.15) is 45.2 Å². The van der Waals surface area contributed by atoms with Crippen LogP contribution in [0.2, 0.25) is 0 Å². The standard InChI is InChI=1S/C14H21FN2O/c1-4-14(16,5-2)13(18)17-10(3)11-6-8-12(15)9-7-11/h6-10H,4-5,16H2,1-3H3,(H,17,18). The highest BCUT2D eigenvalue weighted by atomic mass is 19.1. The number of hydrogen-bond donors (Lipinski definition) is 2. The minimum absolute atomic E-state index is 0.163. The van der Waals surface area contributed by atoms with E-state index < -0.39 is 5.54 Å². The van der Waals surface area contributed by atoms with Gasteiger partial charge in [0.05, 0.1) is 11.6 Å². The molecule has 1 rings (SSSR count). The maximum absolute atomic E-state index is 12.8. The molecule has 0 radical (unpaired) electrons. The summed E-state index contributed by atoms with van der Waals surface area (Å²) in [4.78, 5) is 12.1.